The molecular formula is C28H43NO2. The molecule has 2 rings (SSSR count). The quantitative estimate of drug-likeness (QED) is 0.380. The van der Waals surface area contributed by atoms with Gasteiger partial charge >= 0.3 is 0 Å². The van der Waals surface area contributed by atoms with Gasteiger partial charge in [0.2, 0.25) is 0 Å². The van der Waals surface area contributed by atoms with Gasteiger partial charge < -0.3 is 15.2 Å². The topological polar surface area (TPSA) is 41.5 Å². The summed E-state index contributed by atoms with van der Waals surface area (Å²) in [7, 11) is 0. The van der Waals surface area contributed by atoms with Crippen LogP contribution in [-0.2, 0) is 12.8 Å². The second-order valence-corrected chi connectivity index (χ2v) is 9.64. The number of nitrogens with one attached hydrogen (secondary N) is 1. The zero-order valence-electron chi connectivity index (χ0n) is 20.5. The van der Waals surface area contributed by atoms with Crippen LogP contribution in [0.4, 0.5) is 0 Å². The van der Waals surface area contributed by atoms with Crippen molar-refractivity contribution in [3.63, 3.8) is 0 Å². The average molecular weight is 426 g/mol. The van der Waals surface area contributed by atoms with Crippen molar-refractivity contribution in [2.75, 3.05) is 13.2 Å². The fourth-order valence-corrected chi connectivity index (χ4v) is 3.79. The predicted octanol–water partition coefficient (Wildman–Crippen LogP) is 6.59. The predicted molar refractivity (Wildman–Crippen MR) is 132 cm³/mol. The molecule has 2 aromatic rings. The minimum Gasteiger partial charge on any atom is -0.494 e. The zero-order valence-corrected chi connectivity index (χ0v) is 20.5. The second-order valence-electron chi connectivity index (χ2n) is 9.64. The summed E-state index contributed by atoms with van der Waals surface area (Å²) < 4.78 is 5.80. The normalized spacial score (nSPS) is 12.9. The van der Waals surface area contributed by atoms with Gasteiger partial charge in [0.15, 0.2) is 0 Å². The molecule has 0 fully saturated rings. The van der Waals surface area contributed by atoms with Gasteiger partial charge in [-0.05, 0) is 79.8 Å². The maximum atomic E-state index is 11.0. The minimum absolute atomic E-state index is 0.0566. The van der Waals surface area contributed by atoms with Gasteiger partial charge in [-0.15, -0.1) is 0 Å². The van der Waals surface area contributed by atoms with Crippen LogP contribution < -0.4 is 10.1 Å². The van der Waals surface area contributed by atoms with Crippen molar-refractivity contribution in [3.05, 3.63) is 64.7 Å². The largest absolute Gasteiger partial charge is 0.494 e. The molecule has 172 valence electrons. The van der Waals surface area contributed by atoms with Crippen LogP contribution in [0.5, 0.6) is 5.75 Å². The van der Waals surface area contributed by atoms with Gasteiger partial charge in [0.05, 0.1) is 12.7 Å². The van der Waals surface area contributed by atoms with Crippen molar-refractivity contribution in [2.24, 2.45) is 0 Å². The summed E-state index contributed by atoms with van der Waals surface area (Å²) in [5, 5.41) is 14.6. The van der Waals surface area contributed by atoms with E-state index in [9.17, 15) is 5.11 Å². The first-order valence-corrected chi connectivity index (χ1v) is 12.0. The highest BCUT2D eigenvalue weighted by atomic mass is 16.5. The van der Waals surface area contributed by atoms with Crippen LogP contribution in [-0.4, -0.2) is 23.8 Å². The second kappa shape index (κ2) is 12.3. The van der Waals surface area contributed by atoms with E-state index in [0.717, 1.165) is 43.4 Å². The maximum absolute atomic E-state index is 11.0. The van der Waals surface area contributed by atoms with E-state index in [-0.39, 0.29) is 5.54 Å². The SMILES string of the molecule is CCCOc1ccc(CCC)c(C(O)CNC(C)(C)CCc2ccc(C(C)C)cc2)c1. The molecule has 0 aliphatic rings. The first-order valence-electron chi connectivity index (χ1n) is 12.0. The van der Waals surface area contributed by atoms with Gasteiger partial charge in [-0.25, -0.2) is 0 Å². The van der Waals surface area contributed by atoms with E-state index in [2.05, 4.69) is 77.2 Å². The van der Waals surface area contributed by atoms with E-state index in [0.29, 0.717) is 19.1 Å². The highest BCUT2D eigenvalue weighted by molar-refractivity contribution is 5.37. The zero-order chi connectivity index (χ0) is 22.9. The molecule has 0 amide bonds. The smallest absolute Gasteiger partial charge is 0.119 e. The van der Waals surface area contributed by atoms with Crippen LogP contribution in [0.3, 0.4) is 0 Å². The van der Waals surface area contributed by atoms with Crippen LogP contribution in [0.25, 0.3) is 0 Å². The third-order valence-corrected chi connectivity index (χ3v) is 5.93. The molecule has 0 saturated heterocycles. The highest BCUT2D eigenvalue weighted by Crippen LogP contribution is 2.26. The molecule has 1 atom stereocenters. The van der Waals surface area contributed by atoms with Crippen molar-refractivity contribution >= 4 is 0 Å². The summed E-state index contributed by atoms with van der Waals surface area (Å²) in [6.45, 7) is 14.4. The molecule has 0 bridgehead atoms. The molecule has 31 heavy (non-hydrogen) atoms. The molecule has 3 nitrogen and oxygen atoms in total. The van der Waals surface area contributed by atoms with Gasteiger partial charge in [0.25, 0.3) is 0 Å². The Labute approximate surface area is 190 Å². The monoisotopic (exact) mass is 425 g/mol. The summed E-state index contributed by atoms with van der Waals surface area (Å²) in [6, 6.07) is 15.1. The van der Waals surface area contributed by atoms with Crippen LogP contribution in [0, 0.1) is 0 Å². The third kappa shape index (κ3) is 8.31. The number of aryl methyl sites for hydroxylation is 2. The number of aliphatic hydroxyl groups is 1. The van der Waals surface area contributed by atoms with Gasteiger partial charge in [-0.3, -0.25) is 0 Å². The molecule has 0 aromatic heterocycles. The number of benzene rings is 2. The lowest BCUT2D eigenvalue weighted by Gasteiger charge is -2.29. The van der Waals surface area contributed by atoms with Crippen molar-refractivity contribution in [1.29, 1.82) is 0 Å². The third-order valence-electron chi connectivity index (χ3n) is 5.93. The van der Waals surface area contributed by atoms with Crippen molar-refractivity contribution in [3.8, 4) is 5.75 Å². The molecule has 3 heteroatoms. The summed E-state index contributed by atoms with van der Waals surface area (Å²) in [4.78, 5) is 0. The Kier molecular flexibility index (Phi) is 10.1. The van der Waals surface area contributed by atoms with E-state index < -0.39 is 6.10 Å². The number of β-amino-alcohol motifs (C(OH)–C–C–N with tert-alkyl or cyclic N) is 1. The summed E-state index contributed by atoms with van der Waals surface area (Å²) >= 11 is 0. The highest BCUT2D eigenvalue weighted by Gasteiger charge is 2.21. The Bertz CT molecular complexity index is 780. The molecule has 2 N–H and O–H groups in total. The lowest BCUT2D eigenvalue weighted by molar-refractivity contribution is 0.157. The van der Waals surface area contributed by atoms with Crippen LogP contribution in [0.15, 0.2) is 42.5 Å². The lowest BCUT2D eigenvalue weighted by Crippen LogP contribution is -2.42. The van der Waals surface area contributed by atoms with Crippen molar-refractivity contribution in [2.45, 2.75) is 91.2 Å². The molecule has 0 saturated carbocycles. The molecular weight excluding hydrogens is 382 g/mol. The number of ether oxygens (including phenoxy) is 1. The van der Waals surface area contributed by atoms with Crippen molar-refractivity contribution < 1.29 is 9.84 Å². The molecule has 2 aromatic carbocycles. The van der Waals surface area contributed by atoms with Gasteiger partial charge in [0, 0.05) is 12.1 Å². The van der Waals surface area contributed by atoms with Crippen LogP contribution in [0.1, 0.15) is 95.1 Å². The van der Waals surface area contributed by atoms with E-state index in [4.69, 9.17) is 4.74 Å². The average Bonchev–Trinajstić information content (AvgIpc) is 2.76. The number of hydrogen-bond acceptors (Lipinski definition) is 3. The Hall–Kier alpha value is -1.84. The lowest BCUT2D eigenvalue weighted by atomic mass is 9.93. The number of aliphatic hydroxyl groups excluding tert-OH is 1. The van der Waals surface area contributed by atoms with E-state index >= 15 is 0 Å². The Balaban J connectivity index is 1.96. The minimum atomic E-state index is -0.545. The Morgan fingerprint density at radius 2 is 1.68 bits per heavy atom. The fourth-order valence-electron chi connectivity index (χ4n) is 3.79. The molecule has 0 radical (unpaired) electrons. The van der Waals surface area contributed by atoms with E-state index in [1.165, 1.54) is 16.7 Å². The first-order chi connectivity index (χ1) is 14.8. The molecule has 0 heterocycles. The molecule has 0 aliphatic heterocycles. The molecule has 1 unspecified atom stereocenters. The van der Waals surface area contributed by atoms with Gasteiger partial charge in [-0.2, -0.15) is 0 Å². The van der Waals surface area contributed by atoms with Gasteiger partial charge in [0.1, 0.15) is 5.75 Å². The van der Waals surface area contributed by atoms with E-state index in [1.54, 1.807) is 0 Å². The summed E-state index contributed by atoms with van der Waals surface area (Å²) in [5.74, 6) is 1.41. The van der Waals surface area contributed by atoms with Crippen molar-refractivity contribution in [1.82, 2.24) is 5.32 Å². The maximum Gasteiger partial charge on any atom is 0.119 e. The molecule has 0 spiro atoms. The van der Waals surface area contributed by atoms with Crippen LogP contribution in [0.2, 0.25) is 0 Å². The van der Waals surface area contributed by atoms with Crippen LogP contribution >= 0.6 is 0 Å². The standard InChI is InChI=1S/C28H43NO2/c1-7-9-24-14-15-25(31-18-8-2)19-26(24)27(30)20-29-28(5,6)17-16-22-10-12-23(13-11-22)21(3)4/h10-15,19,21,27,29-30H,7-9,16-18,20H2,1-6H3. The number of hydrogen-bond donors (Lipinski definition) is 2. The summed E-state index contributed by atoms with van der Waals surface area (Å²) in [6.07, 6.45) is 4.50. The van der Waals surface area contributed by atoms with E-state index in [1.807, 2.05) is 12.1 Å². The first kappa shape index (κ1) is 25.4. The Morgan fingerprint density at radius 1 is 0.968 bits per heavy atom. The number of rotatable bonds is 13. The fraction of sp³-hybridized carbons (Fsp3) is 0.571. The Morgan fingerprint density at radius 3 is 2.29 bits per heavy atom. The van der Waals surface area contributed by atoms with Gasteiger partial charge in [-0.1, -0.05) is 64.4 Å². The molecule has 0 aliphatic carbocycles. The summed E-state index contributed by atoms with van der Waals surface area (Å²) in [5.41, 5.74) is 4.90.